The van der Waals surface area contributed by atoms with E-state index in [-0.39, 0.29) is 0 Å². The first kappa shape index (κ1) is 13.7. The van der Waals surface area contributed by atoms with Crippen molar-refractivity contribution >= 4 is 0 Å². The van der Waals surface area contributed by atoms with E-state index >= 15 is 0 Å². The van der Waals surface area contributed by atoms with Gasteiger partial charge in [0.15, 0.2) is 6.29 Å². The number of fused-ring (bicyclic) bond motifs is 1. The molecule has 0 saturated carbocycles. The molecule has 5 heteroatoms. The van der Waals surface area contributed by atoms with Crippen molar-refractivity contribution < 1.29 is 24.4 Å². The fourth-order valence-electron chi connectivity index (χ4n) is 2.61. The Morgan fingerprint density at radius 1 is 1.10 bits per heavy atom. The molecule has 0 amide bonds. The lowest BCUT2D eigenvalue weighted by Crippen LogP contribution is -2.61. The lowest BCUT2D eigenvalue weighted by atomic mass is 9.94. The summed E-state index contributed by atoms with van der Waals surface area (Å²) < 4.78 is 17.0. The third-order valence-electron chi connectivity index (χ3n) is 3.72. The molecule has 2 fully saturated rings. The molecule has 5 nitrogen and oxygen atoms in total. The molecule has 0 bridgehead atoms. The molecule has 2 N–H and O–H groups in total. The summed E-state index contributed by atoms with van der Waals surface area (Å²) in [7, 11) is 0. The molecule has 0 aromatic heterocycles. The number of hydrogen-bond acceptors (Lipinski definition) is 5. The van der Waals surface area contributed by atoms with Crippen LogP contribution < -0.4 is 0 Å². The van der Waals surface area contributed by atoms with Crippen molar-refractivity contribution in [2.75, 3.05) is 6.61 Å². The minimum atomic E-state index is -1.04. The highest BCUT2D eigenvalue weighted by molar-refractivity contribution is 5.16. The van der Waals surface area contributed by atoms with E-state index in [0.717, 1.165) is 5.56 Å². The van der Waals surface area contributed by atoms with E-state index in [2.05, 4.69) is 6.58 Å². The predicted octanol–water partition coefficient (Wildman–Crippen LogP) is 0.776. The van der Waals surface area contributed by atoms with Crippen molar-refractivity contribution in [2.24, 2.45) is 0 Å². The molecule has 6 atom stereocenters. The molecule has 2 heterocycles. The molecule has 1 aromatic rings. The van der Waals surface area contributed by atoms with Gasteiger partial charge in [-0.2, -0.15) is 0 Å². The highest BCUT2D eigenvalue weighted by atomic mass is 16.7. The van der Waals surface area contributed by atoms with E-state index in [4.69, 9.17) is 14.2 Å². The van der Waals surface area contributed by atoms with Gasteiger partial charge in [-0.05, 0) is 0 Å². The van der Waals surface area contributed by atoms with Gasteiger partial charge in [0, 0.05) is 5.56 Å². The summed E-state index contributed by atoms with van der Waals surface area (Å²) in [4.78, 5) is 0. The lowest BCUT2D eigenvalue weighted by molar-refractivity contribution is -0.323. The summed E-state index contributed by atoms with van der Waals surface area (Å²) in [6, 6.07) is 9.48. The number of ether oxygens (including phenoxy) is 3. The molecular formula is C15H18O5. The maximum atomic E-state index is 10.2. The highest BCUT2D eigenvalue weighted by Gasteiger charge is 2.47. The van der Waals surface area contributed by atoms with Crippen LogP contribution in [-0.4, -0.2) is 47.3 Å². The Labute approximate surface area is 117 Å². The van der Waals surface area contributed by atoms with Gasteiger partial charge in [0.05, 0.1) is 6.61 Å². The minimum Gasteiger partial charge on any atom is -0.387 e. The van der Waals surface area contributed by atoms with E-state index < -0.39 is 36.8 Å². The van der Waals surface area contributed by atoms with Crippen LogP contribution in [0.5, 0.6) is 0 Å². The summed E-state index contributed by atoms with van der Waals surface area (Å²) in [6.45, 7) is 3.90. The smallest absolute Gasteiger partial charge is 0.184 e. The van der Waals surface area contributed by atoms with Gasteiger partial charge < -0.3 is 24.4 Å². The Bertz CT molecular complexity index is 461. The predicted molar refractivity (Wildman–Crippen MR) is 70.9 cm³/mol. The van der Waals surface area contributed by atoms with Crippen molar-refractivity contribution in [1.82, 2.24) is 0 Å². The Balaban J connectivity index is 1.76. The summed E-state index contributed by atoms with van der Waals surface area (Å²) in [5.41, 5.74) is 0.874. The molecule has 0 spiro atoms. The van der Waals surface area contributed by atoms with Gasteiger partial charge in [0.2, 0.25) is 0 Å². The zero-order valence-electron chi connectivity index (χ0n) is 11.0. The summed E-state index contributed by atoms with van der Waals surface area (Å²) in [5.74, 6) is 0. The monoisotopic (exact) mass is 278 g/mol. The molecule has 2 aliphatic rings. The highest BCUT2D eigenvalue weighted by Crippen LogP contribution is 2.34. The molecule has 0 aliphatic carbocycles. The second-order valence-electron chi connectivity index (χ2n) is 5.03. The van der Waals surface area contributed by atoms with Crippen LogP contribution in [0.2, 0.25) is 0 Å². The SMILES string of the molecule is C=C[C@@H]1O[C@@H]2CO[C@@H](c3ccccc3)O[C@H]2[C@H](O)[C@H]1O. The molecule has 0 radical (unpaired) electrons. The van der Waals surface area contributed by atoms with Crippen molar-refractivity contribution in [3.05, 3.63) is 48.6 Å². The largest absolute Gasteiger partial charge is 0.387 e. The first-order valence-corrected chi connectivity index (χ1v) is 6.67. The Morgan fingerprint density at radius 3 is 2.55 bits per heavy atom. The summed E-state index contributed by atoms with van der Waals surface area (Å²) >= 11 is 0. The molecule has 1 aromatic carbocycles. The van der Waals surface area contributed by atoms with Crippen LogP contribution in [0.1, 0.15) is 11.9 Å². The zero-order chi connectivity index (χ0) is 14.1. The van der Waals surface area contributed by atoms with Crippen LogP contribution in [0, 0.1) is 0 Å². The first-order valence-electron chi connectivity index (χ1n) is 6.67. The third-order valence-corrected chi connectivity index (χ3v) is 3.72. The Hall–Kier alpha value is -1.24. The van der Waals surface area contributed by atoms with Gasteiger partial charge in [0.1, 0.15) is 30.5 Å². The molecule has 0 unspecified atom stereocenters. The molecule has 2 saturated heterocycles. The van der Waals surface area contributed by atoms with Crippen LogP contribution in [0.4, 0.5) is 0 Å². The maximum absolute atomic E-state index is 10.2. The molecule has 20 heavy (non-hydrogen) atoms. The number of aliphatic hydroxyl groups excluding tert-OH is 2. The standard InChI is InChI=1S/C15H18O5/c1-2-10-12(16)13(17)14-11(19-10)8-18-15(20-14)9-6-4-3-5-7-9/h2-7,10-17H,1,8H2/t10-,11+,12-,13+,14+,15+/m0/s1. The van der Waals surface area contributed by atoms with Crippen LogP contribution in [0.25, 0.3) is 0 Å². The quantitative estimate of drug-likeness (QED) is 0.782. The number of aliphatic hydroxyl groups is 2. The first-order chi connectivity index (χ1) is 9.70. The van der Waals surface area contributed by atoms with Gasteiger partial charge in [-0.15, -0.1) is 6.58 Å². The molecular weight excluding hydrogens is 260 g/mol. The fourth-order valence-corrected chi connectivity index (χ4v) is 2.61. The fraction of sp³-hybridized carbons (Fsp3) is 0.467. The van der Waals surface area contributed by atoms with Gasteiger partial charge in [-0.1, -0.05) is 36.4 Å². The summed E-state index contributed by atoms with van der Waals surface area (Å²) in [5, 5.41) is 20.1. The maximum Gasteiger partial charge on any atom is 0.184 e. The van der Waals surface area contributed by atoms with E-state index in [1.165, 1.54) is 6.08 Å². The van der Waals surface area contributed by atoms with E-state index in [1.807, 2.05) is 30.3 Å². The van der Waals surface area contributed by atoms with Crippen molar-refractivity contribution in [3.63, 3.8) is 0 Å². The lowest BCUT2D eigenvalue weighted by Gasteiger charge is -2.45. The molecule has 108 valence electrons. The summed E-state index contributed by atoms with van der Waals surface area (Å²) in [6.07, 6.45) is -2.76. The minimum absolute atomic E-state index is 0.304. The Kier molecular flexibility index (Phi) is 3.87. The topological polar surface area (TPSA) is 68.2 Å². The van der Waals surface area contributed by atoms with Crippen LogP contribution in [0.3, 0.4) is 0 Å². The van der Waals surface area contributed by atoms with E-state index in [0.29, 0.717) is 6.61 Å². The van der Waals surface area contributed by atoms with Gasteiger partial charge in [0.25, 0.3) is 0 Å². The average Bonchev–Trinajstić information content (AvgIpc) is 2.51. The number of rotatable bonds is 2. The van der Waals surface area contributed by atoms with Crippen LogP contribution in [-0.2, 0) is 14.2 Å². The van der Waals surface area contributed by atoms with Gasteiger partial charge in [-0.25, -0.2) is 0 Å². The van der Waals surface area contributed by atoms with Gasteiger partial charge >= 0.3 is 0 Å². The van der Waals surface area contributed by atoms with Crippen molar-refractivity contribution in [2.45, 2.75) is 36.8 Å². The van der Waals surface area contributed by atoms with Crippen LogP contribution >= 0.6 is 0 Å². The van der Waals surface area contributed by atoms with E-state index in [9.17, 15) is 10.2 Å². The normalized spacial score (nSPS) is 40.9. The number of hydrogen-bond donors (Lipinski definition) is 2. The molecule has 3 rings (SSSR count). The second-order valence-corrected chi connectivity index (χ2v) is 5.03. The van der Waals surface area contributed by atoms with Crippen molar-refractivity contribution in [1.29, 1.82) is 0 Å². The average molecular weight is 278 g/mol. The zero-order valence-corrected chi connectivity index (χ0v) is 11.0. The van der Waals surface area contributed by atoms with Gasteiger partial charge in [-0.3, -0.25) is 0 Å². The molecule has 2 aliphatic heterocycles. The number of benzene rings is 1. The second kappa shape index (κ2) is 5.63. The third kappa shape index (κ3) is 2.39. The van der Waals surface area contributed by atoms with E-state index in [1.54, 1.807) is 0 Å². The van der Waals surface area contributed by atoms with Crippen molar-refractivity contribution in [3.8, 4) is 0 Å². The van der Waals surface area contributed by atoms with Crippen LogP contribution in [0.15, 0.2) is 43.0 Å². The Morgan fingerprint density at radius 2 is 1.85 bits per heavy atom.